The number of carbonyl (C=O) groups is 6. The number of ether oxygens (including phenoxy) is 8. The summed E-state index contributed by atoms with van der Waals surface area (Å²) < 4.78 is 47.2. The number of esters is 2. The Kier molecular flexibility index (Phi) is 29.3. The van der Waals surface area contributed by atoms with Gasteiger partial charge in [-0.05, 0) is 53.9 Å². The minimum Gasteiger partial charge on any atom is -0.507 e. The molecule has 12 rings (SSSR count). The van der Waals surface area contributed by atoms with Gasteiger partial charge in [-0.2, -0.15) is 10.2 Å². The number of amides is 2. The summed E-state index contributed by atoms with van der Waals surface area (Å²) in [6.07, 6.45) is 9.72. The minimum absolute atomic E-state index is 0.0559. The average molecular weight is 1650 g/mol. The van der Waals surface area contributed by atoms with Gasteiger partial charge in [0.15, 0.2) is 11.5 Å². The van der Waals surface area contributed by atoms with Crippen molar-refractivity contribution in [2.75, 3.05) is 91.3 Å². The molecule has 4 aromatic carbocycles. The number of phenolic OH excluding ortho intramolecular Hbond substituents is 6. The van der Waals surface area contributed by atoms with E-state index in [4.69, 9.17) is 37.9 Å². The lowest BCUT2D eigenvalue weighted by Crippen LogP contribution is -2.46. The van der Waals surface area contributed by atoms with E-state index >= 15 is 0 Å². The Morgan fingerprint density at radius 2 is 0.805 bits per heavy atom. The molecule has 18 atom stereocenters. The van der Waals surface area contributed by atoms with Crippen LogP contribution in [0.2, 0.25) is 0 Å². The maximum Gasteiger partial charge on any atom is 0.312 e. The largest absolute Gasteiger partial charge is 0.507 e. The van der Waals surface area contributed by atoms with Gasteiger partial charge in [0, 0.05) is 175 Å². The molecule has 8 aliphatic heterocycles. The smallest absolute Gasteiger partial charge is 0.312 e. The molecule has 0 aliphatic carbocycles. The van der Waals surface area contributed by atoms with Crippen molar-refractivity contribution in [3.8, 4) is 46.0 Å². The standard InChI is InChI=1S/2C43H58N4O12/c2*1-21-12-11-13-22(2)42(55)45-33-28(20-44-47-17-15-46(9)16-18-47)37(52)30-31(38(33)53)36(51)26(6)40-32(30)41(54)43(8,59-40)57-19-14-29(56-10)23(3)39(58-27(7)48)25(5)35(50)24(4)34(21)49/h2*11-14,19-21,23-25,29,34-35,39,49-53H,15-18H2,1-10H3,(H,45,55)/b2*12-11+,19-14+,22-13-,44-20+/t2*21-,23+,24+,25+,29-,34-,35+,39+,43-/m00/s1. The molecule has 0 unspecified atom stereocenters. The summed E-state index contributed by atoms with van der Waals surface area (Å²) in [4.78, 5) is 85.3. The summed E-state index contributed by atoms with van der Waals surface area (Å²) in [7, 11) is 6.84. The Morgan fingerprint density at radius 1 is 0.475 bits per heavy atom. The molecule has 8 heterocycles. The topological polar surface area (TPSA) is 440 Å². The van der Waals surface area contributed by atoms with Gasteiger partial charge >= 0.3 is 23.5 Å². The molecular weight excluding hydrogens is 1530 g/mol. The second-order valence-corrected chi connectivity index (χ2v) is 32.2. The minimum atomic E-state index is -2.04. The van der Waals surface area contributed by atoms with Gasteiger partial charge in [0.25, 0.3) is 23.4 Å². The lowest BCUT2D eigenvalue weighted by Gasteiger charge is -2.38. The SMILES string of the molecule is CO[C@H]1/C=C/O[C@@]2(C)Oc3c(C)c(O)c4c(O)c(c(/C=N/N5CCN(C)CC5)c(O)c4c3C2=O)NC(=O)/C(C)=C\C=C\[C@H](C)[C@H](O)[C@@H](C)[C@@H](O)[C@@H](C)[C@H](OC(C)=O)[C@@H]1C.CO[C@H]1/C=C/O[C@@]2(C)Oc3c(C)c(O)c4c(O)c(c(/C=N/N5CCN(C)CC5)c(O)c4c3C2=O)NC(=O)/C(C)=C\C=C\[C@H](C)[C@H](O)[C@@H](C)[C@@H](O)[C@@H](C)[C@H](OC(C)=O)[C@@H]1C. The molecule has 2 fully saturated rings. The van der Waals surface area contributed by atoms with E-state index in [1.54, 1.807) is 89.7 Å². The number of aromatic hydroxyl groups is 6. The molecule has 32 heteroatoms. The van der Waals surface area contributed by atoms with Crippen molar-refractivity contribution in [1.29, 1.82) is 0 Å². The van der Waals surface area contributed by atoms with E-state index < -0.39 is 178 Å². The van der Waals surface area contributed by atoms with Gasteiger partial charge < -0.3 is 109 Å². The number of fused-ring (bicyclic) bond motifs is 28. The zero-order chi connectivity index (χ0) is 87.3. The van der Waals surface area contributed by atoms with Crippen LogP contribution in [0, 0.1) is 61.2 Å². The number of piperazine rings is 2. The monoisotopic (exact) mass is 1640 g/mol. The van der Waals surface area contributed by atoms with Crippen LogP contribution >= 0.6 is 0 Å². The molecule has 0 aromatic heterocycles. The Bertz CT molecular complexity index is 4440. The number of Topliss-reactive ketones (excluding diaryl/α,β-unsaturated/α-hetero) is 2. The number of nitrogens with one attached hydrogen (secondary N) is 2. The van der Waals surface area contributed by atoms with Crippen LogP contribution in [0.3, 0.4) is 0 Å². The number of hydrogen-bond acceptors (Lipinski definition) is 30. The molecule has 10 bridgehead atoms. The molecular formula is C86H116N8O24. The van der Waals surface area contributed by atoms with E-state index in [1.807, 2.05) is 14.1 Å². The van der Waals surface area contributed by atoms with Crippen molar-refractivity contribution in [2.45, 2.75) is 171 Å². The molecule has 32 nitrogen and oxygen atoms in total. The lowest BCUT2D eigenvalue weighted by atomic mass is 9.78. The molecule has 118 heavy (non-hydrogen) atoms. The number of benzene rings is 4. The molecule has 12 N–H and O–H groups in total. The van der Waals surface area contributed by atoms with Gasteiger partial charge in [-0.15, -0.1) is 0 Å². The Labute approximate surface area is 686 Å². The second kappa shape index (κ2) is 37.7. The lowest BCUT2D eigenvalue weighted by molar-refractivity contribution is -0.161. The number of hydrogen-bond donors (Lipinski definition) is 12. The molecule has 0 radical (unpaired) electrons. The average Bonchev–Trinajstić information content (AvgIpc) is 1.50. The number of hydrazone groups is 2. The van der Waals surface area contributed by atoms with Gasteiger partial charge in [0.1, 0.15) is 46.7 Å². The van der Waals surface area contributed by atoms with Crippen molar-refractivity contribution in [1.82, 2.24) is 19.8 Å². The van der Waals surface area contributed by atoms with Crippen molar-refractivity contribution >= 4 is 80.7 Å². The number of anilines is 2. The third-order valence-electron chi connectivity index (χ3n) is 23.7. The number of rotatable bonds is 8. The summed E-state index contributed by atoms with van der Waals surface area (Å²) in [5.74, 6) is -16.7. The number of phenols is 6. The summed E-state index contributed by atoms with van der Waals surface area (Å²) >= 11 is 0. The molecule has 4 aromatic rings. The van der Waals surface area contributed by atoms with Gasteiger partial charge in [-0.1, -0.05) is 91.8 Å². The molecule has 0 saturated carbocycles. The number of nitrogens with zero attached hydrogens (tertiary/aromatic N) is 6. The highest BCUT2D eigenvalue weighted by atomic mass is 16.7. The van der Waals surface area contributed by atoms with E-state index in [-0.39, 0.29) is 88.9 Å². The zero-order valence-electron chi connectivity index (χ0n) is 70.7. The first kappa shape index (κ1) is 91.6. The number of carbonyl (C=O) groups excluding carboxylic acids is 6. The summed E-state index contributed by atoms with van der Waals surface area (Å²) in [5.41, 5.74) is -0.700. The maximum absolute atomic E-state index is 14.4. The fourth-order valence-corrected chi connectivity index (χ4v) is 15.8. The maximum atomic E-state index is 14.4. The molecule has 2 amide bonds. The quantitative estimate of drug-likeness (QED) is 0.0339. The number of allylic oxidation sites excluding steroid dienone is 4. The molecule has 0 spiro atoms. The summed E-state index contributed by atoms with van der Waals surface area (Å²) in [6.45, 7) is 30.2. The van der Waals surface area contributed by atoms with Gasteiger partial charge in [-0.25, -0.2) is 0 Å². The van der Waals surface area contributed by atoms with Crippen molar-refractivity contribution in [3.63, 3.8) is 0 Å². The fraction of sp³-hybridized carbons (Fsp3) is 0.535. The van der Waals surface area contributed by atoms with E-state index in [9.17, 15) is 79.8 Å². The van der Waals surface area contributed by atoms with Crippen LogP contribution in [0.5, 0.6) is 46.0 Å². The number of aliphatic hydroxyl groups is 4. The van der Waals surface area contributed by atoms with Gasteiger partial charge in [0.2, 0.25) is 0 Å². The summed E-state index contributed by atoms with van der Waals surface area (Å²) in [6, 6.07) is 0. The first-order chi connectivity index (χ1) is 55.5. The predicted molar refractivity (Wildman–Crippen MR) is 441 cm³/mol. The third kappa shape index (κ3) is 18.9. The van der Waals surface area contributed by atoms with E-state index in [0.29, 0.717) is 26.2 Å². The van der Waals surface area contributed by atoms with Crippen molar-refractivity contribution in [3.05, 3.63) is 106 Å². The van der Waals surface area contributed by atoms with Crippen molar-refractivity contribution in [2.24, 2.45) is 57.5 Å². The second-order valence-electron chi connectivity index (χ2n) is 32.2. The molecule has 8 aliphatic rings. The number of aliphatic hydroxyl groups excluding tert-OH is 4. The Morgan fingerprint density at radius 3 is 1.12 bits per heavy atom. The number of ketones is 2. The highest BCUT2D eigenvalue weighted by Gasteiger charge is 2.52. The van der Waals surface area contributed by atoms with Crippen LogP contribution in [0.25, 0.3) is 21.5 Å². The van der Waals surface area contributed by atoms with Crippen LogP contribution in [0.1, 0.15) is 140 Å². The summed E-state index contributed by atoms with van der Waals surface area (Å²) in [5, 5.41) is 134. The number of methoxy groups -OCH3 is 2. The first-order valence-electron chi connectivity index (χ1n) is 39.6. The van der Waals surface area contributed by atoms with Gasteiger partial charge in [0.05, 0.1) is 106 Å². The highest BCUT2D eigenvalue weighted by molar-refractivity contribution is 6.25. The third-order valence-corrected chi connectivity index (χ3v) is 23.7. The van der Waals surface area contributed by atoms with E-state index in [1.165, 1.54) is 119 Å². The normalized spacial score (nSPS) is 32.1. The molecule has 2 saturated heterocycles. The van der Waals surface area contributed by atoms with Crippen LogP contribution in [0.4, 0.5) is 11.4 Å². The zero-order valence-corrected chi connectivity index (χ0v) is 70.7. The Hall–Kier alpha value is -10.3. The van der Waals surface area contributed by atoms with E-state index in [0.717, 1.165) is 26.2 Å². The van der Waals surface area contributed by atoms with Crippen LogP contribution in [-0.2, 0) is 47.6 Å². The van der Waals surface area contributed by atoms with Crippen LogP contribution in [0.15, 0.2) is 82.5 Å². The Balaban J connectivity index is 0.000000269. The van der Waals surface area contributed by atoms with Gasteiger partial charge in [-0.3, -0.25) is 38.8 Å². The highest BCUT2D eigenvalue weighted by Crippen LogP contribution is 2.57. The van der Waals surface area contributed by atoms with Crippen LogP contribution < -0.4 is 20.1 Å². The van der Waals surface area contributed by atoms with E-state index in [2.05, 4.69) is 30.6 Å². The fourth-order valence-electron chi connectivity index (χ4n) is 15.8. The first-order valence-corrected chi connectivity index (χ1v) is 39.6. The molecule has 644 valence electrons. The number of likely N-dealkylation sites (N-methyl/N-ethyl adjacent to an activating group) is 2. The van der Waals surface area contributed by atoms with Crippen molar-refractivity contribution < 1.29 is 118 Å². The predicted octanol–water partition coefficient (Wildman–Crippen LogP) is 8.67. The van der Waals surface area contributed by atoms with Crippen LogP contribution in [-0.4, -0.2) is 260 Å².